The van der Waals surface area contributed by atoms with Crippen LogP contribution < -0.4 is 5.32 Å². The average molecular weight is 343 g/mol. The van der Waals surface area contributed by atoms with Gasteiger partial charge in [-0.05, 0) is 45.2 Å². The number of aryl methyl sites for hydroxylation is 2. The highest BCUT2D eigenvalue weighted by atomic mass is 32.1. The Morgan fingerprint density at radius 1 is 1.08 bits per heavy atom. The third-order valence-electron chi connectivity index (χ3n) is 4.17. The summed E-state index contributed by atoms with van der Waals surface area (Å²) in [4.78, 5) is 31.7. The minimum absolute atomic E-state index is 0.0283. The number of amides is 2. The van der Waals surface area contributed by atoms with Gasteiger partial charge in [-0.3, -0.25) is 14.9 Å². The van der Waals surface area contributed by atoms with E-state index in [9.17, 15) is 9.59 Å². The van der Waals surface area contributed by atoms with Gasteiger partial charge in [0.25, 0.3) is 11.8 Å². The number of carbonyl (C=O) groups excluding carboxylic acids is 2. The maximum absolute atomic E-state index is 12.6. The van der Waals surface area contributed by atoms with E-state index in [1.165, 1.54) is 17.8 Å². The monoisotopic (exact) mass is 343 g/mol. The minimum atomic E-state index is -0.208. The van der Waals surface area contributed by atoms with Gasteiger partial charge in [-0.25, -0.2) is 4.98 Å². The van der Waals surface area contributed by atoms with Crippen molar-refractivity contribution in [2.45, 2.75) is 33.1 Å². The van der Waals surface area contributed by atoms with E-state index in [4.69, 9.17) is 0 Å². The van der Waals surface area contributed by atoms with Crippen LogP contribution >= 0.6 is 11.3 Å². The predicted molar refractivity (Wildman–Crippen MR) is 95.7 cm³/mol. The smallest absolute Gasteiger partial charge is 0.265 e. The molecule has 1 aromatic heterocycles. The largest absolute Gasteiger partial charge is 0.338 e. The van der Waals surface area contributed by atoms with Crippen LogP contribution in [0.4, 0.5) is 5.13 Å². The van der Waals surface area contributed by atoms with Crippen molar-refractivity contribution in [1.29, 1.82) is 0 Å². The molecule has 5 nitrogen and oxygen atoms in total. The van der Waals surface area contributed by atoms with Crippen LogP contribution in [0, 0.1) is 13.8 Å². The number of nitrogens with zero attached hydrogens (tertiary/aromatic N) is 2. The number of nitrogens with one attached hydrogen (secondary N) is 1. The highest BCUT2D eigenvalue weighted by Gasteiger charge is 2.23. The van der Waals surface area contributed by atoms with Crippen molar-refractivity contribution < 1.29 is 9.59 Å². The molecule has 1 saturated heterocycles. The quantitative estimate of drug-likeness (QED) is 0.925. The van der Waals surface area contributed by atoms with Gasteiger partial charge in [0.15, 0.2) is 5.13 Å². The molecule has 0 aliphatic carbocycles. The molecule has 24 heavy (non-hydrogen) atoms. The van der Waals surface area contributed by atoms with E-state index in [1.807, 2.05) is 30.9 Å². The van der Waals surface area contributed by atoms with E-state index in [-0.39, 0.29) is 11.8 Å². The van der Waals surface area contributed by atoms with Crippen molar-refractivity contribution in [3.8, 4) is 0 Å². The van der Waals surface area contributed by atoms with Crippen LogP contribution in [0.5, 0.6) is 0 Å². The number of hydrogen-bond acceptors (Lipinski definition) is 4. The van der Waals surface area contributed by atoms with Gasteiger partial charge in [-0.15, -0.1) is 0 Å². The summed E-state index contributed by atoms with van der Waals surface area (Å²) in [6.45, 7) is 5.40. The Labute approximate surface area is 145 Å². The van der Waals surface area contributed by atoms with Gasteiger partial charge in [0.2, 0.25) is 0 Å². The highest BCUT2D eigenvalue weighted by Crippen LogP contribution is 2.25. The fourth-order valence-corrected chi connectivity index (χ4v) is 3.69. The molecule has 1 aliphatic heterocycles. The van der Waals surface area contributed by atoms with Crippen molar-refractivity contribution in [1.82, 2.24) is 9.88 Å². The molecule has 0 radical (unpaired) electrons. The number of thiazole rings is 1. The summed E-state index contributed by atoms with van der Waals surface area (Å²) in [5.74, 6) is -0.179. The predicted octanol–water partition coefficient (Wildman–Crippen LogP) is 3.64. The number of piperidine rings is 1. The van der Waals surface area contributed by atoms with E-state index in [0.717, 1.165) is 31.5 Å². The van der Waals surface area contributed by atoms with Crippen LogP contribution in [0.2, 0.25) is 0 Å². The molecule has 1 fully saturated rings. The van der Waals surface area contributed by atoms with Crippen LogP contribution in [0.1, 0.15) is 50.5 Å². The van der Waals surface area contributed by atoms with Crippen LogP contribution in [0.15, 0.2) is 24.3 Å². The summed E-state index contributed by atoms with van der Waals surface area (Å²) in [7, 11) is 0. The summed E-state index contributed by atoms with van der Waals surface area (Å²) in [5, 5.41) is 3.27. The molecule has 0 bridgehead atoms. The molecular formula is C18H21N3O2S. The summed E-state index contributed by atoms with van der Waals surface area (Å²) >= 11 is 1.25. The zero-order valence-electron chi connectivity index (χ0n) is 14.0. The number of likely N-dealkylation sites (tertiary alicyclic amines) is 1. The highest BCUT2D eigenvalue weighted by molar-refractivity contribution is 7.17. The van der Waals surface area contributed by atoms with Gasteiger partial charge in [0.1, 0.15) is 4.88 Å². The van der Waals surface area contributed by atoms with Crippen molar-refractivity contribution in [3.63, 3.8) is 0 Å². The van der Waals surface area contributed by atoms with Gasteiger partial charge >= 0.3 is 0 Å². The Morgan fingerprint density at radius 3 is 2.42 bits per heavy atom. The first-order chi connectivity index (χ1) is 11.5. The van der Waals surface area contributed by atoms with Crippen molar-refractivity contribution in [2.75, 3.05) is 18.4 Å². The van der Waals surface area contributed by atoms with Crippen LogP contribution in [-0.4, -0.2) is 34.8 Å². The van der Waals surface area contributed by atoms with Gasteiger partial charge in [-0.2, -0.15) is 0 Å². The van der Waals surface area contributed by atoms with E-state index in [1.54, 1.807) is 12.1 Å². The first kappa shape index (κ1) is 16.6. The van der Waals surface area contributed by atoms with Crippen molar-refractivity contribution >= 4 is 28.3 Å². The fourth-order valence-electron chi connectivity index (χ4n) is 2.76. The second kappa shape index (κ2) is 7.13. The first-order valence-electron chi connectivity index (χ1n) is 8.19. The number of rotatable bonds is 3. The first-order valence-corrected chi connectivity index (χ1v) is 9.01. The number of anilines is 1. The molecule has 2 amide bonds. The standard InChI is InChI=1S/C18H21N3O2S/c1-12-6-8-14(9-7-12)16(22)20-18-19-13(2)15(24-18)17(23)21-10-4-3-5-11-21/h6-9H,3-5,10-11H2,1-2H3,(H,19,20,22). The average Bonchev–Trinajstić information content (AvgIpc) is 2.95. The Morgan fingerprint density at radius 2 is 1.75 bits per heavy atom. The molecule has 6 heteroatoms. The molecule has 1 aromatic carbocycles. The molecule has 0 atom stereocenters. The molecule has 1 aliphatic rings. The molecule has 126 valence electrons. The van der Waals surface area contributed by atoms with Crippen LogP contribution in [0.3, 0.4) is 0 Å². The van der Waals surface area contributed by atoms with Gasteiger partial charge in [0, 0.05) is 18.7 Å². The maximum Gasteiger partial charge on any atom is 0.265 e. The number of aromatic nitrogens is 1. The van der Waals surface area contributed by atoms with E-state index >= 15 is 0 Å². The summed E-state index contributed by atoms with van der Waals surface area (Å²) < 4.78 is 0. The molecule has 1 N–H and O–H groups in total. The summed E-state index contributed by atoms with van der Waals surface area (Å²) in [6.07, 6.45) is 3.30. The molecule has 0 unspecified atom stereocenters. The molecule has 2 heterocycles. The number of hydrogen-bond donors (Lipinski definition) is 1. The van der Waals surface area contributed by atoms with Crippen LogP contribution in [0.25, 0.3) is 0 Å². The molecule has 3 rings (SSSR count). The molecule has 0 spiro atoms. The fraction of sp³-hybridized carbons (Fsp3) is 0.389. The lowest BCUT2D eigenvalue weighted by molar-refractivity contribution is 0.0728. The van der Waals surface area contributed by atoms with Crippen molar-refractivity contribution in [3.05, 3.63) is 46.0 Å². The van der Waals surface area contributed by atoms with Gasteiger partial charge < -0.3 is 4.90 Å². The van der Waals surface area contributed by atoms with Gasteiger partial charge in [-0.1, -0.05) is 29.0 Å². The topological polar surface area (TPSA) is 62.3 Å². The Kier molecular flexibility index (Phi) is 4.94. The second-order valence-corrected chi connectivity index (χ2v) is 7.11. The summed E-state index contributed by atoms with van der Waals surface area (Å²) in [5.41, 5.74) is 2.36. The lowest BCUT2D eigenvalue weighted by atomic mass is 10.1. The molecular weight excluding hydrogens is 322 g/mol. The lowest BCUT2D eigenvalue weighted by Crippen LogP contribution is -2.35. The zero-order chi connectivity index (χ0) is 17.1. The minimum Gasteiger partial charge on any atom is -0.338 e. The van der Waals surface area contributed by atoms with Crippen molar-refractivity contribution in [2.24, 2.45) is 0 Å². The maximum atomic E-state index is 12.6. The van der Waals surface area contributed by atoms with E-state index < -0.39 is 0 Å². The molecule has 0 saturated carbocycles. The zero-order valence-corrected chi connectivity index (χ0v) is 14.8. The second-order valence-electron chi connectivity index (χ2n) is 6.11. The van der Waals surface area contributed by atoms with Gasteiger partial charge in [0.05, 0.1) is 5.69 Å². The van der Waals surface area contributed by atoms with Crippen LogP contribution in [-0.2, 0) is 0 Å². The normalized spacial score (nSPS) is 14.5. The Hall–Kier alpha value is -2.21. The summed E-state index contributed by atoms with van der Waals surface area (Å²) in [6, 6.07) is 7.36. The third-order valence-corrected chi connectivity index (χ3v) is 5.23. The Bertz CT molecular complexity index is 746. The Balaban J connectivity index is 1.72. The molecule has 2 aromatic rings. The number of benzene rings is 1. The number of carbonyl (C=O) groups is 2. The lowest BCUT2D eigenvalue weighted by Gasteiger charge is -2.26. The van der Waals surface area contributed by atoms with E-state index in [0.29, 0.717) is 21.3 Å². The van der Waals surface area contributed by atoms with E-state index in [2.05, 4.69) is 10.3 Å². The SMILES string of the molecule is Cc1ccc(C(=O)Nc2nc(C)c(C(=O)N3CCCCC3)s2)cc1. The third kappa shape index (κ3) is 3.64.